The molecule has 15 heteroatoms. The van der Waals surface area contributed by atoms with Gasteiger partial charge < -0.3 is 4.55 Å². The number of hydrogen-bond acceptors (Lipinski definition) is 3. The average molecular weight is 436 g/mol. The summed E-state index contributed by atoms with van der Waals surface area (Å²) in [6.07, 6.45) is -34.1. The molecule has 0 rings (SSSR count). The van der Waals surface area contributed by atoms with Crippen LogP contribution in [0.1, 0.15) is 6.42 Å². The molecule has 0 bridgehead atoms. The van der Waals surface area contributed by atoms with Gasteiger partial charge in [0.1, 0.15) is 12.3 Å². The van der Waals surface area contributed by atoms with Crippen molar-refractivity contribution in [1.29, 1.82) is 0 Å². The molecule has 27 heavy (non-hydrogen) atoms. The molecule has 0 heterocycles. The van der Waals surface area contributed by atoms with Gasteiger partial charge in [0.25, 0.3) is 0 Å². The average Bonchev–Trinajstić information content (AvgIpc) is 2.55. The van der Waals surface area contributed by atoms with Crippen LogP contribution >= 0.6 is 0 Å². The van der Waals surface area contributed by atoms with E-state index in [-0.39, 0.29) is 18.9 Å². The second-order valence-corrected chi connectivity index (χ2v) is 6.79. The Labute approximate surface area is 160 Å². The van der Waals surface area contributed by atoms with Crippen molar-refractivity contribution in [3.05, 3.63) is 0 Å². The van der Waals surface area contributed by atoms with Crippen LogP contribution < -0.4 is 18.9 Å². The van der Waals surface area contributed by atoms with Gasteiger partial charge >= 0.3 is 18.9 Å². The Morgan fingerprint density at radius 1 is 0.630 bits per heavy atom. The molecule has 0 aliphatic rings. The van der Waals surface area contributed by atoms with Gasteiger partial charge in [0.2, 0.25) is 0 Å². The van der Waals surface area contributed by atoms with Crippen molar-refractivity contribution in [2.24, 2.45) is 0 Å². The first kappa shape index (κ1) is 29.0. The number of rotatable bonds is 12. The molecule has 0 saturated carbocycles. The van der Waals surface area contributed by atoms with E-state index >= 15 is 0 Å². The van der Waals surface area contributed by atoms with E-state index < -0.39 is 84.5 Å². The molecule has 0 amide bonds. The smallest absolute Gasteiger partial charge is 0.748 e. The molecule has 9 atom stereocenters. The van der Waals surface area contributed by atoms with E-state index in [0.717, 1.165) is 0 Å². The van der Waals surface area contributed by atoms with Crippen LogP contribution in [-0.2, 0) is 10.1 Å². The Bertz CT molecular complexity index is 516. The summed E-state index contributed by atoms with van der Waals surface area (Å²) in [6, 6.07) is 0. The molecule has 0 spiro atoms. The third-order valence-corrected chi connectivity index (χ3v) is 3.99. The van der Waals surface area contributed by atoms with Crippen LogP contribution in [0.25, 0.3) is 0 Å². The Balaban J connectivity index is 0. The van der Waals surface area contributed by atoms with Crippen LogP contribution in [0, 0.1) is 0 Å². The van der Waals surface area contributed by atoms with Gasteiger partial charge in [-0.25, -0.2) is 47.9 Å². The molecule has 0 N–H and O–H groups in total. The van der Waals surface area contributed by atoms with Crippen molar-refractivity contribution in [2.45, 2.75) is 62.0 Å². The molecule has 0 aliphatic heterocycles. The van der Waals surface area contributed by atoms with E-state index in [9.17, 15) is 56.9 Å². The predicted octanol–water partition coefficient (Wildman–Crippen LogP) is -0.0619. The Morgan fingerprint density at radius 2 is 0.926 bits per heavy atom. The van der Waals surface area contributed by atoms with Crippen molar-refractivity contribution in [3.63, 3.8) is 0 Å². The minimum atomic E-state index is -5.41. The summed E-state index contributed by atoms with van der Waals surface area (Å²) in [6.45, 7) is -1.48. The molecule has 9 unspecified atom stereocenters. The van der Waals surface area contributed by atoms with E-state index in [0.29, 0.717) is 0 Å². The summed E-state index contributed by atoms with van der Waals surface area (Å²) in [5, 5.41) is 0. The van der Waals surface area contributed by atoms with Crippen LogP contribution in [0.4, 0.5) is 43.9 Å². The summed E-state index contributed by atoms with van der Waals surface area (Å²) in [5.41, 5.74) is 0. The van der Waals surface area contributed by atoms with Gasteiger partial charge in [0.05, 0.1) is 22.5 Å². The van der Waals surface area contributed by atoms with E-state index in [1.54, 1.807) is 0 Å². The second kappa shape index (κ2) is 12.4. The first-order valence-electron chi connectivity index (χ1n) is 7.00. The molecule has 0 aromatic heterocycles. The quantitative estimate of drug-likeness (QED) is 0.245. The monoisotopic (exact) mass is 436 g/mol. The van der Waals surface area contributed by atoms with Gasteiger partial charge in [-0.1, -0.05) is 0 Å². The predicted molar refractivity (Wildman–Crippen MR) is 69.2 cm³/mol. The maximum atomic E-state index is 13.4. The van der Waals surface area contributed by atoms with Crippen molar-refractivity contribution in [1.82, 2.24) is 0 Å². The van der Waals surface area contributed by atoms with Gasteiger partial charge in [-0.2, -0.15) is 0 Å². The third-order valence-electron chi connectivity index (χ3n) is 3.26. The van der Waals surface area contributed by atoms with Crippen LogP contribution in [-0.4, -0.2) is 80.9 Å². The molecule has 158 valence electrons. The van der Waals surface area contributed by atoms with Crippen molar-refractivity contribution < 1.29 is 75.7 Å². The maximum absolute atomic E-state index is 13.4. The second-order valence-electron chi connectivity index (χ2n) is 5.34. The largest absolute Gasteiger partial charge is 1.00 e. The fourth-order valence-electron chi connectivity index (χ4n) is 1.83. The summed E-state index contributed by atoms with van der Waals surface area (Å²) in [4.78, 5) is 0. The topological polar surface area (TPSA) is 57.2 Å². The van der Waals surface area contributed by atoms with E-state index in [2.05, 4.69) is 0 Å². The standard InChI is InChI=1S/C12H16F10O3S.Li/c13-2-1-4(14)6(16)8(18)10(20)12(22)11(21)9(19)7(17)5(15)3-26(23,24)25;/h4-12H,1-3H2,(H,23,24,25);/q;+1/p-1. The van der Waals surface area contributed by atoms with Crippen molar-refractivity contribution in [2.75, 3.05) is 12.4 Å². The van der Waals surface area contributed by atoms with Gasteiger partial charge in [-0.05, 0) is 0 Å². The van der Waals surface area contributed by atoms with Crippen LogP contribution in [0.2, 0.25) is 0 Å². The summed E-state index contributed by atoms with van der Waals surface area (Å²) < 4.78 is 162. The van der Waals surface area contributed by atoms with Crippen molar-refractivity contribution >= 4 is 10.1 Å². The van der Waals surface area contributed by atoms with Gasteiger partial charge in [-0.3, -0.25) is 4.39 Å². The fraction of sp³-hybridized carbons (Fsp3) is 1.00. The Morgan fingerprint density at radius 3 is 1.22 bits per heavy atom. The zero-order valence-corrected chi connectivity index (χ0v) is 14.5. The number of alkyl halides is 10. The molecular weight excluding hydrogens is 421 g/mol. The van der Waals surface area contributed by atoms with Gasteiger partial charge in [0, 0.05) is 6.42 Å². The Hall–Kier alpha value is -0.193. The minimum Gasteiger partial charge on any atom is -0.748 e. The van der Waals surface area contributed by atoms with Gasteiger partial charge in [0.15, 0.2) is 43.2 Å². The zero-order chi connectivity index (χ0) is 20.8. The molecule has 0 aromatic carbocycles. The number of halogens is 10. The van der Waals surface area contributed by atoms with Crippen LogP contribution in [0.5, 0.6) is 0 Å². The summed E-state index contributed by atoms with van der Waals surface area (Å²) in [5.74, 6) is -2.14. The first-order chi connectivity index (χ1) is 11.7. The normalized spacial score (nSPS) is 22.5. The number of hydrogen-bond donors (Lipinski definition) is 0. The molecular formula is C12H15F10LiO3S. The zero-order valence-electron chi connectivity index (χ0n) is 13.7. The summed E-state index contributed by atoms with van der Waals surface area (Å²) >= 11 is 0. The molecule has 0 radical (unpaired) electrons. The van der Waals surface area contributed by atoms with Crippen LogP contribution in [0.15, 0.2) is 0 Å². The maximum Gasteiger partial charge on any atom is 1.00 e. The fourth-order valence-corrected chi connectivity index (χ4v) is 2.40. The third kappa shape index (κ3) is 9.23. The van der Waals surface area contributed by atoms with E-state index in [4.69, 9.17) is 0 Å². The molecule has 0 aromatic rings. The minimum absolute atomic E-state index is 0. The molecule has 0 saturated heterocycles. The Kier molecular flexibility index (Phi) is 13.3. The van der Waals surface area contributed by atoms with Crippen LogP contribution in [0.3, 0.4) is 0 Å². The summed E-state index contributed by atoms with van der Waals surface area (Å²) in [7, 11) is -5.41. The van der Waals surface area contributed by atoms with Crippen molar-refractivity contribution in [3.8, 4) is 0 Å². The molecule has 0 aliphatic carbocycles. The first-order valence-corrected chi connectivity index (χ1v) is 8.58. The van der Waals surface area contributed by atoms with Gasteiger partial charge in [-0.15, -0.1) is 0 Å². The van der Waals surface area contributed by atoms with E-state index in [1.165, 1.54) is 0 Å². The van der Waals surface area contributed by atoms with E-state index in [1.807, 2.05) is 0 Å². The molecule has 3 nitrogen and oxygen atoms in total. The molecule has 0 fully saturated rings. The SMILES string of the molecule is O=S(=O)([O-])CC(F)C(F)C(F)C(F)C(F)C(F)C(F)C(F)C(F)CCF.[Li+].